The first-order chi connectivity index (χ1) is 13.0. The molecule has 3 heterocycles. The van der Waals surface area contributed by atoms with Gasteiger partial charge in [-0.05, 0) is 50.9 Å². The number of anilines is 1. The summed E-state index contributed by atoms with van der Waals surface area (Å²) >= 11 is 6.16. The number of benzene rings is 1. The lowest BCUT2D eigenvalue weighted by Gasteiger charge is -2.29. The van der Waals surface area contributed by atoms with E-state index in [2.05, 4.69) is 32.6 Å². The van der Waals surface area contributed by atoms with Crippen molar-refractivity contribution in [3.05, 3.63) is 41.2 Å². The minimum absolute atomic E-state index is 0.0852. The molecule has 1 aliphatic heterocycles. The monoisotopic (exact) mass is 392 g/mol. The zero-order chi connectivity index (χ0) is 19.0. The van der Waals surface area contributed by atoms with Crippen molar-refractivity contribution >= 4 is 23.1 Å². The van der Waals surface area contributed by atoms with Crippen LogP contribution in [-0.4, -0.2) is 38.7 Å². The molecule has 2 N–H and O–H groups in total. The average Bonchev–Trinajstić information content (AvgIpc) is 3.04. The van der Waals surface area contributed by atoms with Crippen LogP contribution in [0.4, 0.5) is 14.6 Å². The van der Waals surface area contributed by atoms with Crippen LogP contribution in [0, 0.1) is 17.6 Å². The molecule has 27 heavy (non-hydrogen) atoms. The van der Waals surface area contributed by atoms with Crippen molar-refractivity contribution in [1.82, 2.24) is 24.9 Å². The molecule has 1 atom stereocenters. The predicted octanol–water partition coefficient (Wildman–Crippen LogP) is 3.52. The van der Waals surface area contributed by atoms with Gasteiger partial charge in [-0.15, -0.1) is 5.10 Å². The lowest BCUT2D eigenvalue weighted by molar-refractivity contribution is 0.342. The first-order valence-corrected chi connectivity index (χ1v) is 9.25. The Hall–Kier alpha value is -2.32. The van der Waals surface area contributed by atoms with Crippen molar-refractivity contribution in [3.63, 3.8) is 0 Å². The quantitative estimate of drug-likeness (QED) is 0.711. The molecule has 4 rings (SSSR count). The summed E-state index contributed by atoms with van der Waals surface area (Å²) in [5, 5.41) is 11.1. The zero-order valence-corrected chi connectivity index (χ0v) is 15.5. The minimum Gasteiger partial charge on any atom is -0.364 e. The van der Waals surface area contributed by atoms with Crippen LogP contribution in [0.2, 0.25) is 5.15 Å². The molecule has 0 radical (unpaired) electrons. The molecule has 0 spiro atoms. The molecule has 2 aromatic heterocycles. The molecule has 0 saturated carbocycles. The van der Waals surface area contributed by atoms with Gasteiger partial charge in [0.1, 0.15) is 11.6 Å². The van der Waals surface area contributed by atoms with Crippen LogP contribution in [0.25, 0.3) is 17.0 Å². The summed E-state index contributed by atoms with van der Waals surface area (Å²) < 4.78 is 29.8. The van der Waals surface area contributed by atoms with Gasteiger partial charge < -0.3 is 10.6 Å². The van der Waals surface area contributed by atoms with Crippen LogP contribution >= 0.6 is 11.6 Å². The fourth-order valence-electron chi connectivity index (χ4n) is 3.45. The van der Waals surface area contributed by atoms with E-state index in [0.29, 0.717) is 17.4 Å². The Kier molecular flexibility index (Phi) is 4.92. The van der Waals surface area contributed by atoms with Crippen LogP contribution in [0.1, 0.15) is 19.8 Å². The second-order valence-corrected chi connectivity index (χ2v) is 7.10. The van der Waals surface area contributed by atoms with Crippen LogP contribution in [-0.2, 0) is 0 Å². The number of rotatable bonds is 4. The SMILES string of the molecule is CC(Nc1nc(-c2c(F)cccc2F)nn2c(Cl)cnc12)C1CCNCC1. The number of fused-ring (bicyclic) bond motifs is 1. The van der Waals surface area contributed by atoms with E-state index in [4.69, 9.17) is 11.6 Å². The van der Waals surface area contributed by atoms with Crippen LogP contribution < -0.4 is 10.6 Å². The minimum atomic E-state index is -0.733. The second-order valence-electron chi connectivity index (χ2n) is 6.72. The molecule has 1 saturated heterocycles. The van der Waals surface area contributed by atoms with Gasteiger partial charge in [-0.25, -0.2) is 18.7 Å². The number of imidazole rings is 1. The third kappa shape index (κ3) is 3.46. The number of nitrogens with zero attached hydrogens (tertiary/aromatic N) is 4. The Morgan fingerprint density at radius 2 is 1.96 bits per heavy atom. The molecule has 1 aromatic carbocycles. The summed E-state index contributed by atoms with van der Waals surface area (Å²) in [6, 6.07) is 3.76. The van der Waals surface area contributed by atoms with Gasteiger partial charge in [-0.2, -0.15) is 4.52 Å². The Morgan fingerprint density at radius 1 is 1.26 bits per heavy atom. The molecular formula is C18H19ClF2N6. The summed E-state index contributed by atoms with van der Waals surface area (Å²) in [5.41, 5.74) is 0.128. The van der Waals surface area contributed by atoms with Gasteiger partial charge in [-0.3, -0.25) is 0 Å². The standard InChI is InChI=1S/C18H19ClF2N6/c1-10(11-5-7-22-8-6-11)24-17-18-23-9-14(19)27(18)26-16(25-17)15-12(20)3-2-4-13(15)21/h2-4,9-11,22H,5-8H2,1H3,(H,24,25,26). The fraction of sp³-hybridized carbons (Fsp3) is 0.389. The molecule has 3 aromatic rings. The van der Waals surface area contributed by atoms with Gasteiger partial charge in [0, 0.05) is 6.04 Å². The molecule has 1 fully saturated rings. The fourth-order valence-corrected chi connectivity index (χ4v) is 3.61. The van der Waals surface area contributed by atoms with Crippen molar-refractivity contribution < 1.29 is 8.78 Å². The molecule has 1 unspecified atom stereocenters. The summed E-state index contributed by atoms with van der Waals surface area (Å²) in [4.78, 5) is 8.62. The van der Waals surface area contributed by atoms with Crippen molar-refractivity contribution in [3.8, 4) is 11.4 Å². The highest BCUT2D eigenvalue weighted by Crippen LogP contribution is 2.28. The Balaban J connectivity index is 1.77. The first kappa shape index (κ1) is 18.1. The number of hydrogen-bond acceptors (Lipinski definition) is 5. The molecule has 6 nitrogen and oxygen atoms in total. The number of hydrogen-bond donors (Lipinski definition) is 2. The summed E-state index contributed by atoms with van der Waals surface area (Å²) in [5.74, 6) is -0.690. The van der Waals surface area contributed by atoms with Crippen molar-refractivity contribution in [2.45, 2.75) is 25.8 Å². The topological polar surface area (TPSA) is 67.1 Å². The Morgan fingerprint density at radius 3 is 2.67 bits per heavy atom. The van der Waals surface area contributed by atoms with E-state index in [1.165, 1.54) is 28.9 Å². The molecule has 0 bridgehead atoms. The summed E-state index contributed by atoms with van der Waals surface area (Å²) in [6.07, 6.45) is 3.52. The molecule has 0 amide bonds. The number of aromatic nitrogens is 4. The van der Waals surface area contributed by atoms with E-state index in [-0.39, 0.29) is 22.6 Å². The molecule has 142 valence electrons. The number of piperidine rings is 1. The van der Waals surface area contributed by atoms with Crippen LogP contribution in [0.15, 0.2) is 24.4 Å². The highest BCUT2D eigenvalue weighted by Gasteiger charge is 2.23. The van der Waals surface area contributed by atoms with Gasteiger partial charge in [0.2, 0.25) is 0 Å². The second kappa shape index (κ2) is 7.36. The van der Waals surface area contributed by atoms with Gasteiger partial charge in [0.15, 0.2) is 22.4 Å². The van der Waals surface area contributed by atoms with Gasteiger partial charge in [0.25, 0.3) is 0 Å². The number of halogens is 3. The smallest absolute Gasteiger partial charge is 0.198 e. The van der Waals surface area contributed by atoms with Crippen LogP contribution in [0.5, 0.6) is 0 Å². The largest absolute Gasteiger partial charge is 0.364 e. The van der Waals surface area contributed by atoms with Gasteiger partial charge in [0.05, 0.1) is 11.8 Å². The van der Waals surface area contributed by atoms with E-state index in [0.717, 1.165) is 25.9 Å². The normalized spacial score (nSPS) is 16.6. The van der Waals surface area contributed by atoms with E-state index in [1.54, 1.807) is 0 Å². The Labute approximate surface area is 160 Å². The molecular weight excluding hydrogens is 374 g/mol. The summed E-state index contributed by atoms with van der Waals surface area (Å²) in [7, 11) is 0. The lowest BCUT2D eigenvalue weighted by atomic mass is 9.91. The van der Waals surface area contributed by atoms with Gasteiger partial charge in [-0.1, -0.05) is 17.7 Å². The predicted molar refractivity (Wildman–Crippen MR) is 99.8 cm³/mol. The maximum absolute atomic E-state index is 14.2. The van der Waals surface area contributed by atoms with Crippen LogP contribution in [0.3, 0.4) is 0 Å². The van der Waals surface area contributed by atoms with Crippen molar-refractivity contribution in [2.24, 2.45) is 5.92 Å². The first-order valence-electron chi connectivity index (χ1n) is 8.87. The third-order valence-electron chi connectivity index (χ3n) is 4.96. The highest BCUT2D eigenvalue weighted by molar-refractivity contribution is 6.29. The van der Waals surface area contributed by atoms with E-state index in [1.807, 2.05) is 0 Å². The third-order valence-corrected chi connectivity index (χ3v) is 5.22. The lowest BCUT2D eigenvalue weighted by Crippen LogP contribution is -2.36. The maximum Gasteiger partial charge on any atom is 0.198 e. The number of nitrogens with one attached hydrogen (secondary N) is 2. The molecule has 0 aliphatic carbocycles. The Bertz CT molecular complexity index is 950. The van der Waals surface area contributed by atoms with E-state index >= 15 is 0 Å². The van der Waals surface area contributed by atoms with E-state index < -0.39 is 11.6 Å². The molecule has 9 heteroatoms. The maximum atomic E-state index is 14.2. The molecule has 1 aliphatic rings. The van der Waals surface area contributed by atoms with Crippen molar-refractivity contribution in [1.29, 1.82) is 0 Å². The highest BCUT2D eigenvalue weighted by atomic mass is 35.5. The van der Waals surface area contributed by atoms with Crippen molar-refractivity contribution in [2.75, 3.05) is 18.4 Å². The summed E-state index contributed by atoms with van der Waals surface area (Å²) in [6.45, 7) is 4.01. The average molecular weight is 393 g/mol. The zero-order valence-electron chi connectivity index (χ0n) is 14.7. The van der Waals surface area contributed by atoms with Gasteiger partial charge >= 0.3 is 0 Å². The van der Waals surface area contributed by atoms with E-state index in [9.17, 15) is 8.78 Å².